The van der Waals surface area contributed by atoms with E-state index in [0.717, 1.165) is 16.6 Å². The number of aromatic nitrogens is 4. The minimum absolute atomic E-state index is 0.00605. The van der Waals surface area contributed by atoms with Gasteiger partial charge in [-0.15, -0.1) is 11.3 Å². The number of hydrogen-bond acceptors (Lipinski definition) is 7. The molecule has 0 N–H and O–H groups in total. The summed E-state index contributed by atoms with van der Waals surface area (Å²) in [5.41, 5.74) is 0.0108. The first-order chi connectivity index (χ1) is 13.2. The van der Waals surface area contributed by atoms with Crippen molar-refractivity contribution in [1.82, 2.24) is 23.9 Å². The van der Waals surface area contributed by atoms with E-state index in [1.54, 1.807) is 5.51 Å². The van der Waals surface area contributed by atoms with Gasteiger partial charge in [0.25, 0.3) is 0 Å². The summed E-state index contributed by atoms with van der Waals surface area (Å²) >= 11 is 1.27. The summed E-state index contributed by atoms with van der Waals surface area (Å²) in [5.74, 6) is 0. The lowest BCUT2D eigenvalue weighted by atomic mass is 10.4. The lowest BCUT2D eigenvalue weighted by molar-refractivity contribution is -0.142. The van der Waals surface area contributed by atoms with Gasteiger partial charge in [0, 0.05) is 30.9 Å². The molecule has 0 spiro atoms. The molecule has 0 saturated carbocycles. The number of alkyl halides is 3. The molecular weight excluding hydrogens is 419 g/mol. The number of methoxy groups -OCH3 is 1. The largest absolute Gasteiger partial charge is 0.433 e. The van der Waals surface area contributed by atoms with Crippen LogP contribution in [-0.4, -0.2) is 52.6 Å². The summed E-state index contributed by atoms with van der Waals surface area (Å²) in [6.45, 7) is 1.46. The average Bonchev–Trinajstić information content (AvgIpc) is 3.23. The fraction of sp³-hybridized carbons (Fsp3) is 0.400. The van der Waals surface area contributed by atoms with Crippen LogP contribution < -0.4 is 0 Å². The van der Waals surface area contributed by atoms with Gasteiger partial charge in [0.15, 0.2) is 5.65 Å². The van der Waals surface area contributed by atoms with Gasteiger partial charge in [0.2, 0.25) is 10.0 Å². The van der Waals surface area contributed by atoms with Crippen molar-refractivity contribution >= 4 is 27.0 Å². The molecule has 0 aromatic carbocycles. The van der Waals surface area contributed by atoms with Crippen molar-refractivity contribution in [1.29, 1.82) is 0 Å². The van der Waals surface area contributed by atoms with Crippen LogP contribution in [0.4, 0.5) is 13.2 Å². The highest BCUT2D eigenvalue weighted by Gasteiger charge is 2.37. The molecule has 3 rings (SSSR count). The first-order valence-corrected chi connectivity index (χ1v) is 10.3. The van der Waals surface area contributed by atoms with Crippen LogP contribution in [-0.2, 0) is 27.5 Å². The number of fused-ring (bicyclic) bond motifs is 1. The second-order valence-electron chi connectivity index (χ2n) is 5.78. The summed E-state index contributed by atoms with van der Waals surface area (Å²) in [6, 6.07) is 0.746. The van der Waals surface area contributed by atoms with Crippen molar-refractivity contribution in [3.05, 3.63) is 40.2 Å². The van der Waals surface area contributed by atoms with Crippen molar-refractivity contribution in [3.63, 3.8) is 0 Å². The molecular formula is C15H16F3N5O3S2. The summed E-state index contributed by atoms with van der Waals surface area (Å²) in [5, 5.41) is 3.79. The Morgan fingerprint density at radius 3 is 2.71 bits per heavy atom. The summed E-state index contributed by atoms with van der Waals surface area (Å²) in [6.07, 6.45) is -2.26. The molecule has 0 fully saturated rings. The molecule has 0 amide bonds. The van der Waals surface area contributed by atoms with E-state index in [4.69, 9.17) is 4.74 Å². The number of sulfonamides is 1. The molecule has 0 saturated heterocycles. The minimum Gasteiger partial charge on any atom is -0.383 e. The molecule has 0 aliphatic heterocycles. The van der Waals surface area contributed by atoms with Gasteiger partial charge < -0.3 is 4.74 Å². The third kappa shape index (κ3) is 3.87. The number of thiazole rings is 1. The van der Waals surface area contributed by atoms with Gasteiger partial charge in [-0.2, -0.15) is 22.6 Å². The maximum atomic E-state index is 13.3. The van der Waals surface area contributed by atoms with Crippen LogP contribution in [0.5, 0.6) is 0 Å². The van der Waals surface area contributed by atoms with Gasteiger partial charge in [-0.1, -0.05) is 0 Å². The molecule has 152 valence electrons. The maximum absolute atomic E-state index is 13.3. The highest BCUT2D eigenvalue weighted by molar-refractivity contribution is 7.89. The van der Waals surface area contributed by atoms with Crippen LogP contribution in [0.1, 0.15) is 16.3 Å². The van der Waals surface area contributed by atoms with E-state index in [2.05, 4.69) is 15.1 Å². The van der Waals surface area contributed by atoms with Gasteiger partial charge in [-0.3, -0.25) is 4.98 Å². The molecule has 0 aliphatic rings. The predicted molar refractivity (Wildman–Crippen MR) is 94.3 cm³/mol. The van der Waals surface area contributed by atoms with Gasteiger partial charge in [-0.25, -0.2) is 17.9 Å². The number of aryl methyl sites for hydroxylation is 1. The van der Waals surface area contributed by atoms with E-state index in [1.807, 2.05) is 0 Å². The van der Waals surface area contributed by atoms with Gasteiger partial charge >= 0.3 is 6.18 Å². The molecule has 0 unspecified atom stereocenters. The van der Waals surface area contributed by atoms with Crippen LogP contribution >= 0.6 is 11.3 Å². The Morgan fingerprint density at radius 1 is 1.36 bits per heavy atom. The zero-order valence-electron chi connectivity index (χ0n) is 14.8. The topological polar surface area (TPSA) is 89.7 Å². The van der Waals surface area contributed by atoms with Crippen LogP contribution in [0.2, 0.25) is 0 Å². The fourth-order valence-corrected chi connectivity index (χ4v) is 5.01. The molecule has 8 nitrogen and oxygen atoms in total. The number of ether oxygens (including phenoxy) is 1. The van der Waals surface area contributed by atoms with E-state index in [0.29, 0.717) is 9.39 Å². The molecule has 3 aromatic rings. The molecule has 3 heterocycles. The quantitative estimate of drug-likeness (QED) is 0.566. The smallest absolute Gasteiger partial charge is 0.383 e. The van der Waals surface area contributed by atoms with Crippen molar-refractivity contribution < 1.29 is 26.3 Å². The maximum Gasteiger partial charge on any atom is 0.433 e. The van der Waals surface area contributed by atoms with Crippen LogP contribution in [0.25, 0.3) is 5.65 Å². The van der Waals surface area contributed by atoms with Crippen LogP contribution in [0.3, 0.4) is 0 Å². The standard InChI is InChI=1S/C15H16F3N5O3S2/c1-10-13(14-20-4-3-12(15(16,17)18)23(14)21-10)28(24,25)22(5-6-26-2)8-11-7-19-9-27-11/h3-4,7,9H,5-6,8H2,1-2H3. The van der Waals surface area contributed by atoms with Gasteiger partial charge in [0.05, 0.1) is 24.4 Å². The number of halogens is 3. The predicted octanol–water partition coefficient (Wildman–Crippen LogP) is 2.35. The average molecular weight is 435 g/mol. The van der Waals surface area contributed by atoms with Gasteiger partial charge in [-0.05, 0) is 13.0 Å². The molecule has 3 aromatic heterocycles. The first kappa shape index (κ1) is 20.6. The molecule has 0 aliphatic carbocycles. The van der Waals surface area contributed by atoms with Crippen molar-refractivity contribution in [2.75, 3.05) is 20.3 Å². The SMILES string of the molecule is COCCN(Cc1cncs1)S(=O)(=O)c1c(C)nn2c(C(F)(F)F)ccnc12. The zero-order valence-corrected chi connectivity index (χ0v) is 16.5. The molecule has 13 heteroatoms. The van der Waals surface area contributed by atoms with Crippen LogP contribution in [0.15, 0.2) is 28.9 Å². The minimum atomic E-state index is -4.71. The third-order valence-corrected chi connectivity index (χ3v) is 6.64. The second-order valence-corrected chi connectivity index (χ2v) is 8.62. The Balaban J connectivity index is 2.13. The van der Waals surface area contributed by atoms with E-state index in [-0.39, 0.29) is 35.9 Å². The summed E-state index contributed by atoms with van der Waals surface area (Å²) in [4.78, 5) is 8.09. The fourth-order valence-electron chi connectivity index (χ4n) is 2.65. The molecule has 28 heavy (non-hydrogen) atoms. The lowest BCUT2D eigenvalue weighted by Crippen LogP contribution is -2.33. The Hall–Kier alpha value is -2.09. The second kappa shape index (κ2) is 7.73. The van der Waals surface area contributed by atoms with Crippen molar-refractivity contribution in [2.45, 2.75) is 24.5 Å². The monoisotopic (exact) mass is 435 g/mol. The molecule has 0 bridgehead atoms. The Bertz CT molecular complexity index is 1060. The number of nitrogens with zero attached hydrogens (tertiary/aromatic N) is 5. The summed E-state index contributed by atoms with van der Waals surface area (Å²) in [7, 11) is -2.78. The van der Waals surface area contributed by atoms with E-state index < -0.39 is 21.9 Å². The van der Waals surface area contributed by atoms with Crippen LogP contribution in [0, 0.1) is 6.92 Å². The van der Waals surface area contributed by atoms with Crippen molar-refractivity contribution in [2.24, 2.45) is 0 Å². The number of rotatable bonds is 7. The zero-order chi connectivity index (χ0) is 20.5. The Kier molecular flexibility index (Phi) is 5.70. The van der Waals surface area contributed by atoms with E-state index in [1.165, 1.54) is 31.6 Å². The first-order valence-electron chi connectivity index (χ1n) is 7.94. The van der Waals surface area contributed by atoms with Gasteiger partial charge in [0.1, 0.15) is 10.6 Å². The molecule has 0 radical (unpaired) electrons. The highest BCUT2D eigenvalue weighted by Crippen LogP contribution is 2.32. The lowest BCUT2D eigenvalue weighted by Gasteiger charge is -2.21. The van der Waals surface area contributed by atoms with Crippen molar-refractivity contribution in [3.8, 4) is 0 Å². The normalized spacial score (nSPS) is 12.9. The number of hydrogen-bond donors (Lipinski definition) is 0. The van der Waals surface area contributed by atoms with E-state index in [9.17, 15) is 21.6 Å². The highest BCUT2D eigenvalue weighted by atomic mass is 32.2. The summed E-state index contributed by atoms with van der Waals surface area (Å²) < 4.78 is 73.0. The molecule has 0 atom stereocenters. The Labute approximate surface area is 162 Å². The van der Waals surface area contributed by atoms with E-state index >= 15 is 0 Å². The Morgan fingerprint density at radius 2 is 2.11 bits per heavy atom. The third-order valence-electron chi connectivity index (χ3n) is 3.89.